The van der Waals surface area contributed by atoms with E-state index >= 15 is 0 Å². The van der Waals surface area contributed by atoms with Crippen molar-refractivity contribution in [2.45, 2.75) is 19.8 Å². The first kappa shape index (κ1) is 11.0. The summed E-state index contributed by atoms with van der Waals surface area (Å²) in [5.74, 6) is 0.109. The predicted octanol–water partition coefficient (Wildman–Crippen LogP) is 2.53. The molecule has 1 aromatic heterocycles. The fourth-order valence-electron chi connectivity index (χ4n) is 1.51. The van der Waals surface area contributed by atoms with Crippen LogP contribution in [-0.4, -0.2) is 15.4 Å². The second-order valence-electron chi connectivity index (χ2n) is 3.49. The lowest BCUT2D eigenvalue weighted by molar-refractivity contribution is 0.0996. The highest BCUT2D eigenvalue weighted by atomic mass is 32.1. The first-order valence-corrected chi connectivity index (χ1v) is 5.97. The fraction of sp³-hybridized carbons (Fsp3) is 0.250. The van der Waals surface area contributed by atoms with E-state index in [1.807, 2.05) is 37.3 Å². The SMILES string of the molecule is CCc1nnsc1C(=O)Cc1ccccc1. The number of carbonyl (C=O) groups excluding carboxylic acids is 1. The molecule has 0 aliphatic heterocycles. The van der Waals surface area contributed by atoms with Gasteiger partial charge in [0.05, 0.1) is 5.69 Å². The Morgan fingerprint density at radius 3 is 2.75 bits per heavy atom. The van der Waals surface area contributed by atoms with Crippen LogP contribution in [0.3, 0.4) is 0 Å². The van der Waals surface area contributed by atoms with Gasteiger partial charge >= 0.3 is 0 Å². The molecule has 0 radical (unpaired) electrons. The summed E-state index contributed by atoms with van der Waals surface area (Å²) in [6.07, 6.45) is 1.18. The van der Waals surface area contributed by atoms with E-state index in [1.54, 1.807) is 0 Å². The van der Waals surface area contributed by atoms with Gasteiger partial charge in [-0.25, -0.2) is 0 Å². The van der Waals surface area contributed by atoms with Crippen molar-refractivity contribution in [3.8, 4) is 0 Å². The molecule has 0 unspecified atom stereocenters. The van der Waals surface area contributed by atoms with Crippen molar-refractivity contribution in [1.82, 2.24) is 9.59 Å². The van der Waals surface area contributed by atoms with Crippen LogP contribution in [0.2, 0.25) is 0 Å². The molecule has 0 saturated carbocycles. The summed E-state index contributed by atoms with van der Waals surface area (Å²) in [6, 6.07) is 9.73. The van der Waals surface area contributed by atoms with Crippen molar-refractivity contribution in [2.24, 2.45) is 0 Å². The van der Waals surface area contributed by atoms with Crippen molar-refractivity contribution < 1.29 is 4.79 Å². The van der Waals surface area contributed by atoms with E-state index < -0.39 is 0 Å². The Morgan fingerprint density at radius 2 is 2.06 bits per heavy atom. The van der Waals surface area contributed by atoms with Crippen molar-refractivity contribution in [3.63, 3.8) is 0 Å². The Bertz CT molecular complexity index is 479. The number of nitrogens with zero attached hydrogens (tertiary/aromatic N) is 2. The van der Waals surface area contributed by atoms with E-state index in [9.17, 15) is 4.79 Å². The third-order valence-electron chi connectivity index (χ3n) is 2.35. The lowest BCUT2D eigenvalue weighted by Gasteiger charge is -1.99. The van der Waals surface area contributed by atoms with E-state index in [1.165, 1.54) is 11.5 Å². The van der Waals surface area contributed by atoms with Crippen LogP contribution < -0.4 is 0 Å². The highest BCUT2D eigenvalue weighted by Crippen LogP contribution is 2.14. The molecule has 0 atom stereocenters. The minimum Gasteiger partial charge on any atom is -0.293 e. The average molecular weight is 232 g/mol. The maximum Gasteiger partial charge on any atom is 0.180 e. The van der Waals surface area contributed by atoms with E-state index in [2.05, 4.69) is 9.59 Å². The molecule has 0 fully saturated rings. The molecular weight excluding hydrogens is 220 g/mol. The Hall–Kier alpha value is -1.55. The van der Waals surface area contributed by atoms with Gasteiger partial charge in [-0.2, -0.15) is 0 Å². The van der Waals surface area contributed by atoms with Crippen molar-refractivity contribution in [3.05, 3.63) is 46.5 Å². The summed E-state index contributed by atoms with van der Waals surface area (Å²) in [5.41, 5.74) is 1.84. The number of hydrogen-bond acceptors (Lipinski definition) is 4. The number of ketones is 1. The summed E-state index contributed by atoms with van der Waals surface area (Å²) < 4.78 is 3.83. The van der Waals surface area contributed by atoms with Gasteiger partial charge in [-0.15, -0.1) is 5.10 Å². The van der Waals surface area contributed by atoms with Gasteiger partial charge in [-0.3, -0.25) is 4.79 Å². The molecule has 0 N–H and O–H groups in total. The first-order chi connectivity index (χ1) is 7.81. The highest BCUT2D eigenvalue weighted by molar-refractivity contribution is 7.08. The number of Topliss-reactive ketones (excluding diaryl/α,β-unsaturated/α-hetero) is 1. The number of aromatic nitrogens is 2. The van der Waals surface area contributed by atoms with Gasteiger partial charge in [-0.1, -0.05) is 41.7 Å². The van der Waals surface area contributed by atoms with E-state index in [0.29, 0.717) is 11.3 Å². The van der Waals surface area contributed by atoms with Crippen LogP contribution in [0, 0.1) is 0 Å². The van der Waals surface area contributed by atoms with Crippen LogP contribution in [0.1, 0.15) is 27.9 Å². The number of benzene rings is 1. The molecule has 16 heavy (non-hydrogen) atoms. The van der Waals surface area contributed by atoms with Crippen LogP contribution in [0.25, 0.3) is 0 Å². The van der Waals surface area contributed by atoms with E-state index in [0.717, 1.165) is 17.7 Å². The molecule has 0 spiro atoms. The van der Waals surface area contributed by atoms with Crippen LogP contribution in [0.5, 0.6) is 0 Å². The third kappa shape index (κ3) is 2.33. The largest absolute Gasteiger partial charge is 0.293 e. The quantitative estimate of drug-likeness (QED) is 0.761. The van der Waals surface area contributed by atoms with Crippen LogP contribution >= 0.6 is 11.5 Å². The monoisotopic (exact) mass is 232 g/mol. The van der Waals surface area contributed by atoms with E-state index in [-0.39, 0.29) is 5.78 Å². The standard InChI is InChI=1S/C12H12N2OS/c1-2-10-12(16-14-13-10)11(15)8-9-6-4-3-5-7-9/h3-7H,2,8H2,1H3. The predicted molar refractivity (Wildman–Crippen MR) is 63.8 cm³/mol. The molecule has 0 aliphatic rings. The molecule has 4 heteroatoms. The van der Waals surface area contributed by atoms with Crippen LogP contribution in [0.15, 0.2) is 30.3 Å². The van der Waals surface area contributed by atoms with Gasteiger partial charge in [0.25, 0.3) is 0 Å². The van der Waals surface area contributed by atoms with Gasteiger partial charge < -0.3 is 0 Å². The van der Waals surface area contributed by atoms with Gasteiger partial charge in [0, 0.05) is 6.42 Å². The number of hydrogen-bond donors (Lipinski definition) is 0. The molecule has 0 aliphatic carbocycles. The summed E-state index contributed by atoms with van der Waals surface area (Å²) in [6.45, 7) is 1.98. The minimum absolute atomic E-state index is 0.109. The van der Waals surface area contributed by atoms with Crippen molar-refractivity contribution in [2.75, 3.05) is 0 Å². The molecule has 0 saturated heterocycles. The highest BCUT2D eigenvalue weighted by Gasteiger charge is 2.14. The van der Waals surface area contributed by atoms with Crippen LogP contribution in [0.4, 0.5) is 0 Å². The average Bonchev–Trinajstić information content (AvgIpc) is 2.78. The topological polar surface area (TPSA) is 42.9 Å². The number of carbonyl (C=O) groups is 1. The van der Waals surface area contributed by atoms with Gasteiger partial charge in [-0.05, 0) is 23.5 Å². The molecular formula is C12H12N2OS. The van der Waals surface area contributed by atoms with Gasteiger partial charge in [0.15, 0.2) is 5.78 Å². The summed E-state index contributed by atoms with van der Waals surface area (Å²) in [4.78, 5) is 12.7. The third-order valence-corrected chi connectivity index (χ3v) is 3.16. The number of rotatable bonds is 4. The fourth-order valence-corrected chi connectivity index (χ4v) is 2.20. The molecule has 0 amide bonds. The maximum atomic E-state index is 12.0. The smallest absolute Gasteiger partial charge is 0.180 e. The normalized spacial score (nSPS) is 10.3. The zero-order valence-electron chi connectivity index (χ0n) is 9.01. The van der Waals surface area contributed by atoms with Gasteiger partial charge in [0.1, 0.15) is 4.88 Å². The lowest BCUT2D eigenvalue weighted by atomic mass is 10.1. The summed E-state index contributed by atoms with van der Waals surface area (Å²) >= 11 is 1.19. The molecule has 2 rings (SSSR count). The van der Waals surface area contributed by atoms with Crippen molar-refractivity contribution in [1.29, 1.82) is 0 Å². The zero-order chi connectivity index (χ0) is 11.4. The first-order valence-electron chi connectivity index (χ1n) is 5.19. The molecule has 1 aromatic carbocycles. The maximum absolute atomic E-state index is 12.0. The summed E-state index contributed by atoms with van der Waals surface area (Å²) in [5, 5.41) is 3.95. The second kappa shape index (κ2) is 4.99. The molecule has 1 heterocycles. The Kier molecular flexibility index (Phi) is 3.41. The zero-order valence-corrected chi connectivity index (χ0v) is 9.83. The number of aryl methyl sites for hydroxylation is 1. The molecule has 0 bridgehead atoms. The minimum atomic E-state index is 0.109. The Balaban J connectivity index is 2.15. The van der Waals surface area contributed by atoms with Crippen LogP contribution in [-0.2, 0) is 12.8 Å². The molecule has 82 valence electrons. The summed E-state index contributed by atoms with van der Waals surface area (Å²) in [7, 11) is 0. The molecule has 3 nitrogen and oxygen atoms in total. The van der Waals surface area contributed by atoms with E-state index in [4.69, 9.17) is 0 Å². The Labute approximate surface area is 98.3 Å². The second-order valence-corrected chi connectivity index (χ2v) is 4.24. The van der Waals surface area contributed by atoms with Gasteiger partial charge in [0.2, 0.25) is 0 Å². The lowest BCUT2D eigenvalue weighted by Crippen LogP contribution is -2.04. The Morgan fingerprint density at radius 1 is 1.31 bits per heavy atom. The van der Waals surface area contributed by atoms with Crippen molar-refractivity contribution >= 4 is 17.3 Å². The molecule has 2 aromatic rings.